The molecule has 1 fully saturated rings. The predicted molar refractivity (Wildman–Crippen MR) is 63.1 cm³/mol. The molecule has 1 heterocycles. The fourth-order valence-corrected chi connectivity index (χ4v) is 1.63. The third-order valence-corrected chi connectivity index (χ3v) is 2.87. The van der Waals surface area contributed by atoms with Gasteiger partial charge in [-0.05, 0) is 13.0 Å². The van der Waals surface area contributed by atoms with Crippen LogP contribution in [0.5, 0.6) is 0 Å². The Hall–Kier alpha value is -0.650. The molecule has 0 aromatic carbocycles. The summed E-state index contributed by atoms with van der Waals surface area (Å²) in [6.45, 7) is 6.97. The molecular weight excluding hydrogens is 206 g/mol. The lowest BCUT2D eigenvalue weighted by Crippen LogP contribution is -2.50. The molecule has 1 aliphatic heterocycles. The number of rotatable bonds is 4. The molecule has 1 saturated heterocycles. The third kappa shape index (κ3) is 4.08. The Morgan fingerprint density at radius 3 is 2.88 bits per heavy atom. The zero-order valence-corrected chi connectivity index (χ0v) is 10.4. The molecule has 0 saturated carbocycles. The van der Waals surface area contributed by atoms with E-state index in [0.29, 0.717) is 6.54 Å². The lowest BCUT2D eigenvalue weighted by molar-refractivity contribution is -0.124. The van der Waals surface area contributed by atoms with E-state index < -0.39 is 6.04 Å². The number of ether oxygens (including phenoxy) is 1. The number of carbonyl (C=O) groups is 1. The van der Waals surface area contributed by atoms with Gasteiger partial charge in [-0.1, -0.05) is 13.8 Å². The lowest BCUT2D eigenvalue weighted by Gasteiger charge is -2.30. The van der Waals surface area contributed by atoms with Crippen LogP contribution in [-0.4, -0.2) is 56.2 Å². The third-order valence-electron chi connectivity index (χ3n) is 2.87. The summed E-state index contributed by atoms with van der Waals surface area (Å²) in [6, 6.07) is -0.429. The van der Waals surface area contributed by atoms with Crippen molar-refractivity contribution in [3.63, 3.8) is 0 Å². The van der Waals surface area contributed by atoms with Gasteiger partial charge >= 0.3 is 0 Å². The van der Waals surface area contributed by atoms with Crippen molar-refractivity contribution in [3.05, 3.63) is 0 Å². The van der Waals surface area contributed by atoms with Crippen LogP contribution in [0.2, 0.25) is 0 Å². The summed E-state index contributed by atoms with van der Waals surface area (Å²) in [6.07, 6.45) is 0.0852. The van der Waals surface area contributed by atoms with Crippen LogP contribution in [0.3, 0.4) is 0 Å². The number of likely N-dealkylation sites (N-methyl/N-ethyl adjacent to an activating group) is 1. The second-order valence-corrected chi connectivity index (χ2v) is 4.77. The van der Waals surface area contributed by atoms with Crippen molar-refractivity contribution < 1.29 is 9.53 Å². The van der Waals surface area contributed by atoms with Crippen LogP contribution in [0.4, 0.5) is 0 Å². The number of hydrogen-bond donors (Lipinski definition) is 2. The molecule has 5 nitrogen and oxygen atoms in total. The molecule has 0 aliphatic carbocycles. The first-order valence-corrected chi connectivity index (χ1v) is 5.84. The van der Waals surface area contributed by atoms with Crippen LogP contribution in [0.15, 0.2) is 0 Å². The molecule has 1 unspecified atom stereocenters. The van der Waals surface area contributed by atoms with E-state index >= 15 is 0 Å². The lowest BCUT2D eigenvalue weighted by atomic mass is 10.1. The van der Waals surface area contributed by atoms with Gasteiger partial charge in [0.15, 0.2) is 0 Å². The van der Waals surface area contributed by atoms with Gasteiger partial charge in [0, 0.05) is 19.6 Å². The minimum atomic E-state index is -0.429. The molecule has 0 aromatic rings. The minimum Gasteiger partial charge on any atom is -0.374 e. The zero-order valence-electron chi connectivity index (χ0n) is 10.4. The van der Waals surface area contributed by atoms with Crippen molar-refractivity contribution in [2.75, 3.05) is 33.3 Å². The van der Waals surface area contributed by atoms with Gasteiger partial charge in [0.25, 0.3) is 0 Å². The summed E-state index contributed by atoms with van der Waals surface area (Å²) in [4.78, 5) is 13.8. The number of nitrogens with one attached hydrogen (secondary N) is 1. The Labute approximate surface area is 97.3 Å². The van der Waals surface area contributed by atoms with Gasteiger partial charge in [-0.3, -0.25) is 4.79 Å². The molecule has 1 aliphatic rings. The molecule has 5 heteroatoms. The monoisotopic (exact) mass is 229 g/mol. The fourth-order valence-electron chi connectivity index (χ4n) is 1.63. The normalized spacial score (nSPS) is 24.4. The predicted octanol–water partition coefficient (Wildman–Crippen LogP) is -0.583. The maximum Gasteiger partial charge on any atom is 0.237 e. The van der Waals surface area contributed by atoms with Gasteiger partial charge < -0.3 is 20.7 Å². The van der Waals surface area contributed by atoms with Crippen LogP contribution in [0, 0.1) is 5.92 Å². The van der Waals surface area contributed by atoms with Crippen molar-refractivity contribution in [3.8, 4) is 0 Å². The molecular formula is C11H23N3O2. The number of carbonyl (C=O) groups excluding carboxylic acids is 1. The van der Waals surface area contributed by atoms with E-state index in [1.165, 1.54) is 0 Å². The van der Waals surface area contributed by atoms with Crippen LogP contribution >= 0.6 is 0 Å². The van der Waals surface area contributed by atoms with Crippen molar-refractivity contribution in [2.24, 2.45) is 11.7 Å². The molecule has 1 amide bonds. The Morgan fingerprint density at radius 2 is 2.31 bits per heavy atom. The van der Waals surface area contributed by atoms with E-state index in [2.05, 4.69) is 17.3 Å². The standard InChI is InChI=1S/C11H23N3O2/c1-8(2)10(12)11(15)13-6-9-7-14(3)4-5-16-9/h8-10H,4-7,12H2,1-3H3,(H,13,15)/t9?,10-/m1/s1. The number of amides is 1. The van der Waals surface area contributed by atoms with Gasteiger partial charge in [-0.25, -0.2) is 0 Å². The van der Waals surface area contributed by atoms with E-state index in [1.54, 1.807) is 0 Å². The summed E-state index contributed by atoms with van der Waals surface area (Å²) < 4.78 is 5.54. The van der Waals surface area contributed by atoms with Crippen molar-refractivity contribution in [1.29, 1.82) is 0 Å². The van der Waals surface area contributed by atoms with Crippen molar-refractivity contribution >= 4 is 5.91 Å². The number of nitrogens with zero attached hydrogens (tertiary/aromatic N) is 1. The highest BCUT2D eigenvalue weighted by Gasteiger charge is 2.21. The van der Waals surface area contributed by atoms with E-state index in [1.807, 2.05) is 13.8 Å². The van der Waals surface area contributed by atoms with E-state index in [4.69, 9.17) is 10.5 Å². The molecule has 0 aromatic heterocycles. The molecule has 1 rings (SSSR count). The smallest absolute Gasteiger partial charge is 0.237 e. The van der Waals surface area contributed by atoms with Gasteiger partial charge in [0.05, 0.1) is 18.8 Å². The Bertz CT molecular complexity index is 233. The molecule has 16 heavy (non-hydrogen) atoms. The van der Waals surface area contributed by atoms with Crippen LogP contribution in [-0.2, 0) is 9.53 Å². The second-order valence-electron chi connectivity index (χ2n) is 4.77. The molecule has 3 N–H and O–H groups in total. The van der Waals surface area contributed by atoms with Crippen molar-refractivity contribution in [2.45, 2.75) is 26.0 Å². The number of hydrogen-bond acceptors (Lipinski definition) is 4. The second kappa shape index (κ2) is 6.18. The first kappa shape index (κ1) is 13.4. The quantitative estimate of drug-likeness (QED) is 0.676. The fraction of sp³-hybridized carbons (Fsp3) is 0.909. The highest BCUT2D eigenvalue weighted by molar-refractivity contribution is 5.81. The Morgan fingerprint density at radius 1 is 1.62 bits per heavy atom. The summed E-state index contributed by atoms with van der Waals surface area (Å²) in [5.41, 5.74) is 5.74. The van der Waals surface area contributed by atoms with Crippen LogP contribution in [0.25, 0.3) is 0 Å². The molecule has 0 spiro atoms. The summed E-state index contributed by atoms with van der Waals surface area (Å²) in [7, 11) is 2.05. The van der Waals surface area contributed by atoms with Gasteiger partial charge in [0.1, 0.15) is 0 Å². The first-order chi connectivity index (χ1) is 7.50. The zero-order chi connectivity index (χ0) is 12.1. The van der Waals surface area contributed by atoms with Crippen molar-refractivity contribution in [1.82, 2.24) is 10.2 Å². The SMILES string of the molecule is CC(C)[C@@H](N)C(=O)NCC1CN(C)CCO1. The molecule has 94 valence electrons. The average Bonchev–Trinajstić information content (AvgIpc) is 2.24. The number of morpholine rings is 1. The first-order valence-electron chi connectivity index (χ1n) is 5.84. The number of nitrogens with two attached hydrogens (primary N) is 1. The maximum atomic E-state index is 11.6. The minimum absolute atomic E-state index is 0.0852. The topological polar surface area (TPSA) is 67.6 Å². The average molecular weight is 229 g/mol. The van der Waals surface area contributed by atoms with E-state index in [9.17, 15) is 4.79 Å². The summed E-state index contributed by atoms with van der Waals surface area (Å²) in [5, 5.41) is 2.84. The highest BCUT2D eigenvalue weighted by Crippen LogP contribution is 2.02. The highest BCUT2D eigenvalue weighted by atomic mass is 16.5. The summed E-state index contributed by atoms with van der Waals surface area (Å²) >= 11 is 0. The largest absolute Gasteiger partial charge is 0.374 e. The van der Waals surface area contributed by atoms with Crippen LogP contribution < -0.4 is 11.1 Å². The van der Waals surface area contributed by atoms with Crippen LogP contribution in [0.1, 0.15) is 13.8 Å². The van der Waals surface area contributed by atoms with E-state index in [-0.39, 0.29) is 17.9 Å². The Kier molecular flexibility index (Phi) is 5.18. The van der Waals surface area contributed by atoms with Gasteiger partial charge in [-0.15, -0.1) is 0 Å². The molecule has 2 atom stereocenters. The molecule has 0 radical (unpaired) electrons. The summed E-state index contributed by atoms with van der Waals surface area (Å²) in [5.74, 6) is 0.0711. The van der Waals surface area contributed by atoms with Gasteiger partial charge in [0.2, 0.25) is 5.91 Å². The molecule has 0 bridgehead atoms. The maximum absolute atomic E-state index is 11.6. The van der Waals surface area contributed by atoms with Gasteiger partial charge in [-0.2, -0.15) is 0 Å². The Balaban J connectivity index is 2.25. The van der Waals surface area contributed by atoms with E-state index in [0.717, 1.165) is 19.7 Å².